The van der Waals surface area contributed by atoms with E-state index in [9.17, 15) is 0 Å². The van der Waals surface area contributed by atoms with Gasteiger partial charge in [0.15, 0.2) is 16.7 Å². The summed E-state index contributed by atoms with van der Waals surface area (Å²) in [5.74, 6) is 0. The minimum Gasteiger partial charge on any atom is -0.455 e. The van der Waals surface area contributed by atoms with E-state index in [0.717, 1.165) is 127 Å². The molecular weight excluding hydrogens is 957 g/mol. The predicted molar refractivity (Wildman–Crippen MR) is 320 cm³/mol. The second kappa shape index (κ2) is 15.4. The highest BCUT2D eigenvalue weighted by molar-refractivity contribution is 6.23. The molecule has 2 aliphatic carbocycles. The van der Waals surface area contributed by atoms with Gasteiger partial charge in [-0.05, 0) is 112 Å². The highest BCUT2D eigenvalue weighted by Gasteiger charge is 2.49. The van der Waals surface area contributed by atoms with Gasteiger partial charge in [-0.2, -0.15) is 0 Å². The Morgan fingerprint density at radius 1 is 0.295 bits per heavy atom. The van der Waals surface area contributed by atoms with Gasteiger partial charge in [-0.3, -0.25) is 0 Å². The van der Waals surface area contributed by atoms with Gasteiger partial charge in [-0.1, -0.05) is 173 Å². The zero-order valence-corrected chi connectivity index (χ0v) is 43.3. The highest BCUT2D eigenvalue weighted by Crippen LogP contribution is 2.64. The van der Waals surface area contributed by atoms with Crippen LogP contribution in [-0.4, -0.2) is 0 Å². The van der Waals surface area contributed by atoms with Crippen LogP contribution in [0.25, 0.3) is 110 Å². The molecule has 4 heterocycles. The Kier molecular flexibility index (Phi) is 8.60. The number of nitrogens with zero attached hydrogens (tertiary/aromatic N) is 2. The zero-order chi connectivity index (χ0) is 51.8. The summed E-state index contributed by atoms with van der Waals surface area (Å²) in [7, 11) is 0. The van der Waals surface area contributed by atoms with Gasteiger partial charge in [0.1, 0.15) is 27.9 Å². The molecule has 15 aromatic rings. The Morgan fingerprint density at radius 2 is 0.679 bits per heavy atom. The molecule has 17 rings (SSSR count). The number of anilines is 6. The van der Waals surface area contributed by atoms with Gasteiger partial charge in [0.25, 0.3) is 0 Å². The fourth-order valence-corrected chi connectivity index (χ4v) is 14.0. The predicted octanol–water partition coefficient (Wildman–Crippen LogP) is 20.8. The molecular formula is C72H48N2O4. The van der Waals surface area contributed by atoms with Crippen molar-refractivity contribution in [3.8, 4) is 22.3 Å². The minimum absolute atomic E-state index is 0.479. The smallest absolute Gasteiger partial charge is 0.160 e. The Hall–Kier alpha value is -9.78. The summed E-state index contributed by atoms with van der Waals surface area (Å²) in [4.78, 5) is 4.74. The molecule has 0 aliphatic heterocycles. The molecule has 0 atom stereocenters. The van der Waals surface area contributed by atoms with Crippen LogP contribution in [0.1, 0.15) is 49.9 Å². The first-order valence-electron chi connectivity index (χ1n) is 26.9. The van der Waals surface area contributed by atoms with Crippen molar-refractivity contribution in [3.05, 3.63) is 241 Å². The third-order valence-electron chi connectivity index (χ3n) is 17.4. The molecule has 4 aromatic heterocycles. The van der Waals surface area contributed by atoms with Crippen LogP contribution in [0.15, 0.2) is 236 Å². The first kappa shape index (κ1) is 43.5. The van der Waals surface area contributed by atoms with Crippen molar-refractivity contribution in [2.24, 2.45) is 0 Å². The fraction of sp³-hybridized carbons (Fsp3) is 0.0833. The second-order valence-corrected chi connectivity index (χ2v) is 22.2. The molecule has 0 saturated heterocycles. The lowest BCUT2D eigenvalue weighted by molar-refractivity contribution is 0.600. The second-order valence-electron chi connectivity index (χ2n) is 22.2. The Morgan fingerprint density at radius 3 is 1.22 bits per heavy atom. The molecule has 0 fully saturated rings. The summed E-state index contributed by atoms with van der Waals surface area (Å²) < 4.78 is 28.2. The van der Waals surface area contributed by atoms with Crippen molar-refractivity contribution in [1.82, 2.24) is 0 Å². The summed E-state index contributed by atoms with van der Waals surface area (Å²) in [6.07, 6.45) is 0. The van der Waals surface area contributed by atoms with Crippen LogP contribution in [0.3, 0.4) is 0 Å². The van der Waals surface area contributed by atoms with Gasteiger partial charge in [0.2, 0.25) is 0 Å². The van der Waals surface area contributed by atoms with Crippen LogP contribution in [0.2, 0.25) is 0 Å². The average molecular weight is 1010 g/mol. The molecule has 0 amide bonds. The SMILES string of the molecule is CC1(C)c2cc(N(c3ccccc3)c3cccc4c3oc3ccccc34)c3c(oc4ccccc43)c2-c2ccc3c(c21)C(C)(C)c1cc(N(c2ccccc2)c2cccc4c2oc2ccccc24)c2oc4ccccc4c2c1-3. The van der Waals surface area contributed by atoms with Crippen LogP contribution in [0.4, 0.5) is 34.1 Å². The van der Waals surface area contributed by atoms with Crippen molar-refractivity contribution in [2.45, 2.75) is 38.5 Å². The summed E-state index contributed by atoms with van der Waals surface area (Å²) >= 11 is 0. The molecule has 0 saturated carbocycles. The maximum atomic E-state index is 7.27. The number of hydrogen-bond acceptors (Lipinski definition) is 6. The van der Waals surface area contributed by atoms with E-state index in [0.29, 0.717) is 0 Å². The van der Waals surface area contributed by atoms with Crippen molar-refractivity contribution < 1.29 is 17.7 Å². The van der Waals surface area contributed by atoms with Gasteiger partial charge in [0, 0.05) is 65.5 Å². The van der Waals surface area contributed by atoms with Crippen molar-refractivity contribution in [1.29, 1.82) is 0 Å². The van der Waals surface area contributed by atoms with Crippen LogP contribution < -0.4 is 9.80 Å². The van der Waals surface area contributed by atoms with E-state index in [2.05, 4.69) is 244 Å². The third-order valence-corrected chi connectivity index (χ3v) is 17.4. The highest BCUT2D eigenvalue weighted by atomic mass is 16.3. The molecule has 370 valence electrons. The molecule has 0 spiro atoms. The van der Waals surface area contributed by atoms with E-state index in [4.69, 9.17) is 17.7 Å². The summed E-state index contributed by atoms with van der Waals surface area (Å²) in [5, 5.41) is 8.63. The van der Waals surface area contributed by atoms with Crippen LogP contribution in [-0.2, 0) is 10.8 Å². The molecule has 0 radical (unpaired) electrons. The Bertz CT molecular complexity index is 5050. The topological polar surface area (TPSA) is 59.0 Å². The Balaban J connectivity index is 0.933. The van der Waals surface area contributed by atoms with Crippen molar-refractivity contribution >= 4 is 122 Å². The van der Waals surface area contributed by atoms with Crippen molar-refractivity contribution in [3.63, 3.8) is 0 Å². The Labute approximate surface area is 448 Å². The van der Waals surface area contributed by atoms with Crippen molar-refractivity contribution in [2.75, 3.05) is 9.80 Å². The monoisotopic (exact) mass is 1000 g/mol. The molecule has 6 heteroatoms. The molecule has 2 aliphatic rings. The summed E-state index contributed by atoms with van der Waals surface area (Å²) in [6, 6.07) is 77.7. The molecule has 11 aromatic carbocycles. The maximum Gasteiger partial charge on any atom is 0.160 e. The zero-order valence-electron chi connectivity index (χ0n) is 43.3. The van der Waals surface area contributed by atoms with E-state index in [1.807, 2.05) is 12.1 Å². The molecule has 6 nitrogen and oxygen atoms in total. The number of rotatable bonds is 6. The third kappa shape index (κ3) is 5.65. The lowest BCUT2D eigenvalue weighted by Gasteiger charge is -2.32. The van der Waals surface area contributed by atoms with Crippen LogP contribution >= 0.6 is 0 Å². The summed E-state index contributed by atoms with van der Waals surface area (Å²) in [5.41, 5.74) is 21.6. The average Bonchev–Trinajstić information content (AvgIpc) is 4.48. The maximum absolute atomic E-state index is 7.27. The summed E-state index contributed by atoms with van der Waals surface area (Å²) in [6.45, 7) is 9.69. The van der Waals surface area contributed by atoms with Gasteiger partial charge < -0.3 is 27.5 Å². The van der Waals surface area contributed by atoms with Gasteiger partial charge in [0.05, 0.1) is 28.1 Å². The van der Waals surface area contributed by atoms with E-state index in [1.165, 1.54) is 38.9 Å². The number of fused-ring (bicyclic) bond motifs is 21. The van der Waals surface area contributed by atoms with Crippen LogP contribution in [0, 0.1) is 0 Å². The fourth-order valence-electron chi connectivity index (χ4n) is 14.0. The van der Waals surface area contributed by atoms with Gasteiger partial charge >= 0.3 is 0 Å². The number of para-hydroxylation sites is 8. The van der Waals surface area contributed by atoms with E-state index in [-0.39, 0.29) is 0 Å². The standard InChI is InChI=1S/C72H48N2O4/c1-71(2)51-40-56(74(42-23-9-6-10-24-42)54-32-20-30-46-44-26-12-16-34-58(44)76-68(46)54)69-64(48-28-14-18-36-60(48)77-69)61(51)49-37-38-50-62-52(72(3,4)66(50)65(49)71)39-55(63-47-27-13-17-35-59(47)78-70(62)63)73(41-21-7-5-8-22-41)53-31-19-29-45-43-25-11-15-33-57(43)75-67(45)53/h5-40H,1-4H3. The molecule has 0 bridgehead atoms. The largest absolute Gasteiger partial charge is 0.455 e. The quantitative estimate of drug-likeness (QED) is 0.165. The van der Waals surface area contributed by atoms with Gasteiger partial charge in [-0.25, -0.2) is 0 Å². The van der Waals surface area contributed by atoms with Crippen LogP contribution in [0.5, 0.6) is 0 Å². The normalized spacial score (nSPS) is 14.1. The molecule has 0 unspecified atom stereocenters. The molecule has 0 N–H and O–H groups in total. The van der Waals surface area contributed by atoms with E-state index < -0.39 is 10.8 Å². The first-order valence-corrected chi connectivity index (χ1v) is 26.9. The van der Waals surface area contributed by atoms with Gasteiger partial charge in [-0.15, -0.1) is 0 Å². The number of hydrogen-bond donors (Lipinski definition) is 0. The number of benzene rings is 11. The lowest BCUT2D eigenvalue weighted by Crippen LogP contribution is -2.24. The van der Waals surface area contributed by atoms with E-state index in [1.54, 1.807) is 0 Å². The first-order chi connectivity index (χ1) is 38.2. The number of furan rings is 4. The lowest BCUT2D eigenvalue weighted by atomic mass is 9.72. The minimum atomic E-state index is -0.488. The molecule has 78 heavy (non-hydrogen) atoms. The van der Waals surface area contributed by atoms with E-state index >= 15 is 0 Å².